The monoisotopic (exact) mass is 363 g/mol. The van der Waals surface area contributed by atoms with Crippen LogP contribution in [0.25, 0.3) is 11.0 Å². The van der Waals surface area contributed by atoms with Crippen molar-refractivity contribution >= 4 is 40.0 Å². The molecule has 0 aliphatic rings. The number of hydrogen-bond donors (Lipinski definition) is 4. The molecule has 1 amide bonds. The van der Waals surface area contributed by atoms with Crippen LogP contribution in [0.5, 0.6) is 0 Å². The summed E-state index contributed by atoms with van der Waals surface area (Å²) in [6, 6.07) is 11.4. The fraction of sp³-hybridized carbons (Fsp3) is 0.105. The number of rotatable bonds is 5. The number of aromatic amines is 1. The molecule has 0 unspecified atom stereocenters. The Kier molecular flexibility index (Phi) is 5.46. The van der Waals surface area contributed by atoms with Crippen LogP contribution in [0.2, 0.25) is 0 Å². The number of thiocarbonyl (C=S) groups is 1. The van der Waals surface area contributed by atoms with Crippen molar-refractivity contribution in [3.63, 3.8) is 0 Å². The zero-order valence-corrected chi connectivity index (χ0v) is 14.7. The summed E-state index contributed by atoms with van der Waals surface area (Å²) in [6.45, 7) is 1.13. The van der Waals surface area contributed by atoms with E-state index < -0.39 is 5.91 Å². The molecular formula is C19H17N5OS. The molecule has 130 valence electrons. The number of hydrogen-bond acceptors (Lipinski definition) is 3. The molecule has 7 heteroatoms. The van der Waals surface area contributed by atoms with Crippen LogP contribution in [0.4, 0.5) is 5.69 Å². The van der Waals surface area contributed by atoms with E-state index in [1.807, 2.05) is 42.4 Å². The SMILES string of the molecule is C#CC(=O)Nc1cccc(CNC(=S)NCc2ccnc3[nH]ccc23)c1. The smallest absolute Gasteiger partial charge is 0.300 e. The van der Waals surface area contributed by atoms with Crippen LogP contribution in [0, 0.1) is 12.3 Å². The molecule has 3 aromatic rings. The molecule has 0 atom stereocenters. The summed E-state index contributed by atoms with van der Waals surface area (Å²) in [5, 5.41) is 10.6. The van der Waals surface area contributed by atoms with E-state index in [4.69, 9.17) is 18.6 Å². The van der Waals surface area contributed by atoms with Crippen molar-refractivity contribution in [2.24, 2.45) is 0 Å². The normalized spacial score (nSPS) is 10.1. The Balaban J connectivity index is 1.53. The summed E-state index contributed by atoms with van der Waals surface area (Å²) in [5.74, 6) is 1.55. The van der Waals surface area contributed by atoms with Crippen LogP contribution in [-0.2, 0) is 17.9 Å². The highest BCUT2D eigenvalue weighted by molar-refractivity contribution is 7.80. The van der Waals surface area contributed by atoms with Gasteiger partial charge < -0.3 is 20.9 Å². The predicted octanol–water partition coefficient (Wildman–Crippen LogP) is 2.30. The molecule has 0 saturated heterocycles. The molecule has 0 fully saturated rings. The lowest BCUT2D eigenvalue weighted by atomic mass is 10.2. The van der Waals surface area contributed by atoms with Crippen molar-refractivity contribution in [1.29, 1.82) is 0 Å². The van der Waals surface area contributed by atoms with Gasteiger partial charge in [-0.25, -0.2) is 4.98 Å². The third kappa shape index (κ3) is 4.37. The summed E-state index contributed by atoms with van der Waals surface area (Å²) in [5.41, 5.74) is 3.59. The lowest BCUT2D eigenvalue weighted by Crippen LogP contribution is -2.34. The van der Waals surface area contributed by atoms with Gasteiger partial charge in [-0.2, -0.15) is 0 Å². The summed E-state index contributed by atoms with van der Waals surface area (Å²) >= 11 is 5.33. The van der Waals surface area contributed by atoms with Crippen LogP contribution < -0.4 is 16.0 Å². The number of aromatic nitrogens is 2. The minimum absolute atomic E-state index is 0.472. The fourth-order valence-electron chi connectivity index (χ4n) is 2.52. The van der Waals surface area contributed by atoms with Crippen molar-refractivity contribution in [3.8, 4) is 12.3 Å². The first kappa shape index (κ1) is 17.5. The topological polar surface area (TPSA) is 81.8 Å². The second kappa shape index (κ2) is 8.14. The van der Waals surface area contributed by atoms with Crippen LogP contribution in [0.1, 0.15) is 11.1 Å². The Labute approximate surface area is 156 Å². The van der Waals surface area contributed by atoms with Gasteiger partial charge in [-0.05, 0) is 53.5 Å². The van der Waals surface area contributed by atoms with E-state index in [1.54, 1.807) is 12.3 Å². The Bertz CT molecular complexity index is 989. The first-order valence-corrected chi connectivity index (χ1v) is 8.36. The van der Waals surface area contributed by atoms with Gasteiger partial charge in [0, 0.05) is 36.6 Å². The molecule has 0 saturated carbocycles. The molecule has 0 aliphatic carbocycles. The number of pyridine rings is 1. The minimum atomic E-state index is -0.472. The summed E-state index contributed by atoms with van der Waals surface area (Å²) in [7, 11) is 0. The molecular weight excluding hydrogens is 346 g/mol. The van der Waals surface area contributed by atoms with Crippen LogP contribution in [-0.4, -0.2) is 21.0 Å². The highest BCUT2D eigenvalue weighted by Crippen LogP contribution is 2.14. The molecule has 4 N–H and O–H groups in total. The first-order valence-electron chi connectivity index (χ1n) is 7.95. The third-order valence-corrected chi connectivity index (χ3v) is 4.05. The lowest BCUT2D eigenvalue weighted by molar-refractivity contribution is -0.111. The van der Waals surface area contributed by atoms with E-state index >= 15 is 0 Å². The Morgan fingerprint density at radius 2 is 2.08 bits per heavy atom. The number of fused-ring (bicyclic) bond motifs is 1. The zero-order chi connectivity index (χ0) is 18.4. The van der Waals surface area contributed by atoms with Crippen molar-refractivity contribution in [3.05, 3.63) is 59.9 Å². The quantitative estimate of drug-likeness (QED) is 0.413. The molecule has 0 bridgehead atoms. The number of H-pyrrole nitrogens is 1. The number of nitrogens with one attached hydrogen (secondary N) is 4. The van der Waals surface area contributed by atoms with Gasteiger partial charge in [-0.3, -0.25) is 4.79 Å². The second-order valence-electron chi connectivity index (χ2n) is 5.55. The average molecular weight is 363 g/mol. The number of benzene rings is 1. The van der Waals surface area contributed by atoms with Crippen LogP contribution in [0.3, 0.4) is 0 Å². The summed E-state index contributed by atoms with van der Waals surface area (Å²) < 4.78 is 0. The van der Waals surface area contributed by atoms with E-state index in [1.165, 1.54) is 0 Å². The van der Waals surface area contributed by atoms with Gasteiger partial charge in [0.05, 0.1) is 0 Å². The highest BCUT2D eigenvalue weighted by atomic mass is 32.1. The van der Waals surface area contributed by atoms with Crippen molar-refractivity contribution in [2.75, 3.05) is 5.32 Å². The van der Waals surface area contributed by atoms with Gasteiger partial charge in [0.2, 0.25) is 0 Å². The van der Waals surface area contributed by atoms with Crippen LogP contribution in [0.15, 0.2) is 48.8 Å². The Morgan fingerprint density at radius 1 is 1.23 bits per heavy atom. The van der Waals surface area contributed by atoms with E-state index in [-0.39, 0.29) is 0 Å². The maximum Gasteiger partial charge on any atom is 0.300 e. The van der Waals surface area contributed by atoms with Gasteiger partial charge in [0.1, 0.15) is 5.65 Å². The Morgan fingerprint density at radius 3 is 2.92 bits per heavy atom. The number of carbonyl (C=O) groups excluding carboxylic acids is 1. The molecule has 0 spiro atoms. The van der Waals surface area contributed by atoms with E-state index in [0.717, 1.165) is 22.2 Å². The third-order valence-electron chi connectivity index (χ3n) is 3.76. The maximum atomic E-state index is 11.3. The van der Waals surface area contributed by atoms with E-state index in [0.29, 0.717) is 23.9 Å². The second-order valence-corrected chi connectivity index (χ2v) is 5.95. The standard InChI is InChI=1S/C19H17N5OS/c1-2-17(25)24-15-5-3-4-13(10-15)11-22-19(26)23-12-14-6-8-20-18-16(14)7-9-21-18/h1,3-10H,11-12H2,(H,20,21)(H,24,25)(H2,22,23,26). The molecule has 1 aromatic carbocycles. The van der Waals surface area contributed by atoms with Crippen molar-refractivity contribution in [1.82, 2.24) is 20.6 Å². The molecule has 0 aliphatic heterocycles. The highest BCUT2D eigenvalue weighted by Gasteiger charge is 2.04. The summed E-state index contributed by atoms with van der Waals surface area (Å²) in [4.78, 5) is 18.6. The fourth-order valence-corrected chi connectivity index (χ4v) is 2.66. The molecule has 2 heterocycles. The minimum Gasteiger partial charge on any atom is -0.359 e. The summed E-state index contributed by atoms with van der Waals surface area (Å²) in [6.07, 6.45) is 8.69. The predicted molar refractivity (Wildman–Crippen MR) is 106 cm³/mol. The first-order chi connectivity index (χ1) is 12.7. The largest absolute Gasteiger partial charge is 0.359 e. The number of amides is 1. The van der Waals surface area contributed by atoms with E-state index in [2.05, 4.69) is 25.9 Å². The lowest BCUT2D eigenvalue weighted by Gasteiger charge is -2.12. The molecule has 3 rings (SSSR count). The Hall–Kier alpha value is -3.37. The number of nitrogens with zero attached hydrogens (tertiary/aromatic N) is 1. The molecule has 2 aromatic heterocycles. The van der Waals surface area contributed by atoms with Gasteiger partial charge in [-0.15, -0.1) is 6.42 Å². The van der Waals surface area contributed by atoms with Crippen LogP contribution >= 0.6 is 12.2 Å². The van der Waals surface area contributed by atoms with E-state index in [9.17, 15) is 4.79 Å². The van der Waals surface area contributed by atoms with Gasteiger partial charge in [-0.1, -0.05) is 12.1 Å². The van der Waals surface area contributed by atoms with Crippen molar-refractivity contribution < 1.29 is 4.79 Å². The molecule has 26 heavy (non-hydrogen) atoms. The van der Waals surface area contributed by atoms with Gasteiger partial charge >= 0.3 is 0 Å². The zero-order valence-electron chi connectivity index (χ0n) is 13.9. The van der Waals surface area contributed by atoms with Crippen molar-refractivity contribution in [2.45, 2.75) is 13.1 Å². The molecule has 0 radical (unpaired) electrons. The number of anilines is 1. The number of carbonyl (C=O) groups is 1. The average Bonchev–Trinajstić information content (AvgIpc) is 3.14. The maximum absolute atomic E-state index is 11.3. The van der Waals surface area contributed by atoms with Gasteiger partial charge in [0.15, 0.2) is 5.11 Å². The number of terminal acetylenes is 1. The molecule has 6 nitrogen and oxygen atoms in total. The van der Waals surface area contributed by atoms with Gasteiger partial charge in [0.25, 0.3) is 5.91 Å².